The Bertz CT molecular complexity index is 487. The van der Waals surface area contributed by atoms with Gasteiger partial charge in [-0.3, -0.25) is 0 Å². The summed E-state index contributed by atoms with van der Waals surface area (Å²) in [6, 6.07) is 2.38. The summed E-state index contributed by atoms with van der Waals surface area (Å²) in [6.07, 6.45) is 0. The van der Waals surface area contributed by atoms with Crippen LogP contribution >= 0.6 is 33.9 Å². The number of rotatable bonds is 2. The van der Waals surface area contributed by atoms with Crippen molar-refractivity contribution in [1.82, 2.24) is 0 Å². The third-order valence-corrected chi connectivity index (χ3v) is 4.27. The van der Waals surface area contributed by atoms with Crippen molar-refractivity contribution in [1.29, 1.82) is 0 Å². The van der Waals surface area contributed by atoms with E-state index in [9.17, 15) is 12.8 Å². The van der Waals surface area contributed by atoms with Gasteiger partial charge in [-0.25, -0.2) is 12.8 Å². The lowest BCUT2D eigenvalue weighted by Gasteiger charge is -2.10. The molecule has 0 saturated carbocycles. The van der Waals surface area contributed by atoms with E-state index in [1.54, 1.807) is 0 Å². The van der Waals surface area contributed by atoms with Crippen LogP contribution in [-0.2, 0) is 9.05 Å². The van der Waals surface area contributed by atoms with Gasteiger partial charge in [-0.2, -0.15) is 0 Å². The molecule has 0 heterocycles. The Morgan fingerprint density at radius 1 is 1.33 bits per heavy atom. The van der Waals surface area contributed by atoms with Crippen molar-refractivity contribution in [2.75, 3.05) is 0 Å². The van der Waals surface area contributed by atoms with E-state index >= 15 is 0 Å². The van der Waals surface area contributed by atoms with Crippen molar-refractivity contribution in [3.63, 3.8) is 0 Å². The van der Waals surface area contributed by atoms with Gasteiger partial charge in [0.1, 0.15) is 11.1 Å². The molecule has 0 saturated heterocycles. The molecule has 1 atom stereocenters. The molecule has 0 bridgehead atoms. The largest absolute Gasteiger partial charge is 0.239 e. The van der Waals surface area contributed by atoms with Gasteiger partial charge in [-0.15, -0.1) is 0 Å². The van der Waals surface area contributed by atoms with Crippen molar-refractivity contribution in [3.8, 4) is 0 Å². The average Bonchev–Trinajstić information content (AvgIpc) is 2.08. The van der Waals surface area contributed by atoms with Gasteiger partial charge in [-0.05, 0) is 19.1 Å². The van der Waals surface area contributed by atoms with Gasteiger partial charge < -0.3 is 0 Å². The highest BCUT2D eigenvalue weighted by molar-refractivity contribution is 8.13. The first kappa shape index (κ1) is 13.0. The Kier molecular flexibility index (Phi) is 3.87. The smallest absolute Gasteiger partial charge is 0.212 e. The van der Waals surface area contributed by atoms with E-state index in [0.717, 1.165) is 0 Å². The third kappa shape index (κ3) is 2.97. The second kappa shape index (κ2) is 4.45. The molecule has 0 radical (unpaired) electrons. The van der Waals surface area contributed by atoms with Crippen LogP contribution < -0.4 is 0 Å². The lowest BCUT2D eigenvalue weighted by Crippen LogP contribution is -2.05. The van der Waals surface area contributed by atoms with Gasteiger partial charge in [0.15, 0.2) is 0 Å². The fourth-order valence-electron chi connectivity index (χ4n) is 1.02. The monoisotopic (exact) mass is 290 g/mol. The zero-order chi connectivity index (χ0) is 11.8. The SMILES string of the molecule is CC(c1cc(Cl)cc(Cl)c1F)S(=O)(=O)Cl. The van der Waals surface area contributed by atoms with E-state index < -0.39 is 20.1 Å². The van der Waals surface area contributed by atoms with Crippen LogP contribution in [0.15, 0.2) is 12.1 Å². The summed E-state index contributed by atoms with van der Waals surface area (Å²) in [4.78, 5) is 0. The molecule has 0 N–H and O–H groups in total. The molecule has 0 aliphatic carbocycles. The summed E-state index contributed by atoms with van der Waals surface area (Å²) in [5.41, 5.74) is -0.137. The zero-order valence-electron chi connectivity index (χ0n) is 7.47. The van der Waals surface area contributed by atoms with Crippen LogP contribution in [0.1, 0.15) is 17.7 Å². The summed E-state index contributed by atoms with van der Waals surface area (Å²) in [5.74, 6) is -0.821. The Morgan fingerprint density at radius 2 is 1.87 bits per heavy atom. The normalized spacial score (nSPS) is 13.9. The van der Waals surface area contributed by atoms with E-state index in [2.05, 4.69) is 0 Å². The highest BCUT2D eigenvalue weighted by Crippen LogP contribution is 2.32. The van der Waals surface area contributed by atoms with Gasteiger partial charge in [0, 0.05) is 21.3 Å². The van der Waals surface area contributed by atoms with Crippen LogP contribution in [0.4, 0.5) is 4.39 Å². The summed E-state index contributed by atoms with van der Waals surface area (Å²) in [5, 5.41) is -1.27. The molecule has 0 aromatic heterocycles. The van der Waals surface area contributed by atoms with E-state index in [4.69, 9.17) is 33.9 Å². The molecule has 1 unspecified atom stereocenters. The van der Waals surface area contributed by atoms with Crippen molar-refractivity contribution in [3.05, 3.63) is 33.6 Å². The quantitative estimate of drug-likeness (QED) is 0.614. The van der Waals surface area contributed by atoms with E-state index in [1.807, 2.05) is 0 Å². The lowest BCUT2D eigenvalue weighted by atomic mass is 10.1. The molecule has 0 aliphatic heterocycles. The number of benzene rings is 1. The molecule has 0 amide bonds. The van der Waals surface area contributed by atoms with Crippen LogP contribution in [0.25, 0.3) is 0 Å². The van der Waals surface area contributed by atoms with Crippen molar-refractivity contribution in [2.24, 2.45) is 0 Å². The van der Waals surface area contributed by atoms with Gasteiger partial charge in [-0.1, -0.05) is 23.2 Å². The Morgan fingerprint density at radius 3 is 2.33 bits per heavy atom. The summed E-state index contributed by atoms with van der Waals surface area (Å²) in [7, 11) is 1.22. The van der Waals surface area contributed by atoms with Crippen molar-refractivity contribution < 1.29 is 12.8 Å². The summed E-state index contributed by atoms with van der Waals surface area (Å²) in [6.45, 7) is 1.26. The number of hydrogen-bond acceptors (Lipinski definition) is 2. The second-order valence-corrected chi connectivity index (χ2v) is 6.70. The molecule has 0 fully saturated rings. The van der Waals surface area contributed by atoms with E-state index in [0.29, 0.717) is 0 Å². The molecular weight excluding hydrogens is 286 g/mol. The first-order valence-corrected chi connectivity index (χ1v) is 6.94. The van der Waals surface area contributed by atoms with Crippen LogP contribution in [-0.4, -0.2) is 8.42 Å². The third-order valence-electron chi connectivity index (χ3n) is 1.88. The van der Waals surface area contributed by atoms with Crippen molar-refractivity contribution >= 4 is 42.9 Å². The zero-order valence-corrected chi connectivity index (χ0v) is 10.6. The van der Waals surface area contributed by atoms with E-state index in [1.165, 1.54) is 19.1 Å². The molecule has 7 heteroatoms. The lowest BCUT2D eigenvalue weighted by molar-refractivity contribution is 0.584. The minimum Gasteiger partial charge on any atom is -0.212 e. The molecule has 15 heavy (non-hydrogen) atoms. The van der Waals surface area contributed by atoms with Crippen LogP contribution in [0.3, 0.4) is 0 Å². The maximum atomic E-state index is 13.4. The molecule has 1 rings (SSSR count). The average molecular weight is 292 g/mol. The predicted octanol–water partition coefficient (Wildman–Crippen LogP) is 3.76. The molecule has 0 spiro atoms. The number of hydrogen-bond donors (Lipinski definition) is 0. The van der Waals surface area contributed by atoms with Gasteiger partial charge in [0.05, 0.1) is 5.02 Å². The van der Waals surface area contributed by atoms with Crippen molar-refractivity contribution in [2.45, 2.75) is 12.2 Å². The minimum atomic E-state index is -3.90. The predicted molar refractivity (Wildman–Crippen MR) is 59.6 cm³/mol. The molecular formula is C8H6Cl3FO2S. The molecule has 1 aromatic rings. The molecule has 84 valence electrons. The molecule has 0 aliphatic rings. The molecule has 2 nitrogen and oxygen atoms in total. The highest BCUT2D eigenvalue weighted by Gasteiger charge is 2.24. The summed E-state index contributed by atoms with van der Waals surface area (Å²) >= 11 is 11.1. The Labute approximate surface area is 101 Å². The van der Waals surface area contributed by atoms with Crippen LogP contribution in [0.5, 0.6) is 0 Å². The number of halogens is 4. The Hall–Kier alpha value is -0.0300. The van der Waals surface area contributed by atoms with E-state index in [-0.39, 0.29) is 15.6 Å². The van der Waals surface area contributed by atoms with Gasteiger partial charge in [0.2, 0.25) is 9.05 Å². The maximum absolute atomic E-state index is 13.4. The fraction of sp³-hybridized carbons (Fsp3) is 0.250. The Balaban J connectivity index is 3.38. The fourth-order valence-corrected chi connectivity index (χ4v) is 2.30. The first-order chi connectivity index (χ1) is 6.73. The van der Waals surface area contributed by atoms with Gasteiger partial charge in [0.25, 0.3) is 0 Å². The van der Waals surface area contributed by atoms with Gasteiger partial charge >= 0.3 is 0 Å². The topological polar surface area (TPSA) is 34.1 Å². The van der Waals surface area contributed by atoms with Crippen LogP contribution in [0, 0.1) is 5.82 Å². The standard InChI is InChI=1S/C8H6Cl3FO2S/c1-4(15(11,13)14)6-2-5(9)3-7(10)8(6)12/h2-4H,1H3. The maximum Gasteiger partial charge on any atom is 0.239 e. The minimum absolute atomic E-state index is 0.137. The summed E-state index contributed by atoms with van der Waals surface area (Å²) < 4.78 is 35.5. The highest BCUT2D eigenvalue weighted by atomic mass is 35.7. The molecule has 1 aromatic carbocycles. The second-order valence-electron chi connectivity index (χ2n) is 2.91. The van der Waals surface area contributed by atoms with Crippen LogP contribution in [0.2, 0.25) is 10.0 Å². The first-order valence-electron chi connectivity index (χ1n) is 3.81.